The molecule has 3 fully saturated rings. The molecular weight excluding hydrogens is 239 g/mol. The van der Waals surface area contributed by atoms with E-state index in [4.69, 9.17) is 0 Å². The molecule has 0 spiro atoms. The molecule has 0 aromatic carbocycles. The molecule has 3 saturated carbocycles. The second-order valence-electron chi connectivity index (χ2n) is 6.61. The summed E-state index contributed by atoms with van der Waals surface area (Å²) in [7, 11) is 0. The van der Waals surface area contributed by atoms with Crippen molar-refractivity contribution in [2.75, 3.05) is 0 Å². The fourth-order valence-corrected chi connectivity index (χ4v) is 5.60. The third-order valence-corrected chi connectivity index (χ3v) is 6.12. The summed E-state index contributed by atoms with van der Waals surface area (Å²) in [5, 5.41) is 11.4. The minimum Gasteiger partial charge on any atom is -0.550 e. The van der Waals surface area contributed by atoms with Crippen molar-refractivity contribution in [1.82, 2.24) is 0 Å². The predicted octanol–water partition coefficient (Wildman–Crippen LogP) is -1.78. The number of allylic oxidation sites excluding steroid dienone is 2. The number of carboxylic acid groups (broad SMARTS) is 1. The minimum atomic E-state index is -0.801. The zero-order chi connectivity index (χ0) is 11.1. The molecule has 0 aromatic heterocycles. The molecule has 7 unspecified atom stereocenters. The van der Waals surface area contributed by atoms with Crippen molar-refractivity contribution in [3.8, 4) is 0 Å². The van der Waals surface area contributed by atoms with Crippen LogP contribution in [0.5, 0.6) is 0 Å². The van der Waals surface area contributed by atoms with Gasteiger partial charge in [-0.3, -0.25) is 0 Å². The Balaban J connectivity index is 0.000000902. The third-order valence-electron chi connectivity index (χ3n) is 6.12. The Morgan fingerprint density at radius 1 is 1.24 bits per heavy atom. The third kappa shape index (κ3) is 1.44. The fraction of sp³-hybridized carbons (Fsp3) is 0.786. The number of hydrogen-bond donors (Lipinski definition) is 0. The second kappa shape index (κ2) is 3.92. The standard InChI is InChI=1S/C14H18O2.K/c1-14(13(15)16)6-9-5-10(14)12-8-3-2-7(4-8)11(9)12;/h2-3,7-12H,4-6H2,1H3,(H,15,16);/q;+1/p-1. The van der Waals surface area contributed by atoms with Crippen LogP contribution in [0.4, 0.5) is 0 Å². The van der Waals surface area contributed by atoms with Crippen LogP contribution in [0.1, 0.15) is 26.2 Å². The van der Waals surface area contributed by atoms with Crippen molar-refractivity contribution < 1.29 is 61.3 Å². The number of hydrogen-bond acceptors (Lipinski definition) is 2. The quantitative estimate of drug-likeness (QED) is 0.316. The molecule has 3 heteroatoms. The Morgan fingerprint density at radius 3 is 2.53 bits per heavy atom. The molecule has 2 nitrogen and oxygen atoms in total. The SMILES string of the molecule is CC1(C(=O)[O-])CC2CC1C1C3C=CC(C3)C21.[K+]. The Hall–Kier alpha value is 0.846. The first-order valence-electron chi connectivity index (χ1n) is 6.51. The summed E-state index contributed by atoms with van der Waals surface area (Å²) >= 11 is 0. The molecule has 0 heterocycles. The van der Waals surface area contributed by atoms with Gasteiger partial charge in [-0.2, -0.15) is 0 Å². The van der Waals surface area contributed by atoms with E-state index in [1.165, 1.54) is 6.42 Å². The molecular formula is C14H17KO2. The van der Waals surface area contributed by atoms with Crippen LogP contribution >= 0.6 is 0 Å². The van der Waals surface area contributed by atoms with Gasteiger partial charge in [-0.1, -0.05) is 19.1 Å². The number of carbonyl (C=O) groups is 1. The number of carboxylic acids is 1. The summed E-state index contributed by atoms with van der Waals surface area (Å²) in [5.41, 5.74) is -0.524. The van der Waals surface area contributed by atoms with Gasteiger partial charge >= 0.3 is 51.4 Å². The molecule has 0 aliphatic heterocycles. The van der Waals surface area contributed by atoms with Gasteiger partial charge in [0.15, 0.2) is 0 Å². The first-order chi connectivity index (χ1) is 7.61. The largest absolute Gasteiger partial charge is 1.00 e. The maximum Gasteiger partial charge on any atom is 1.00 e. The van der Waals surface area contributed by atoms with Crippen molar-refractivity contribution in [2.45, 2.75) is 26.2 Å². The molecule has 0 radical (unpaired) electrons. The molecule has 7 atom stereocenters. The summed E-state index contributed by atoms with van der Waals surface area (Å²) in [5.74, 6) is 3.19. The topological polar surface area (TPSA) is 40.1 Å². The maximum absolute atomic E-state index is 11.4. The van der Waals surface area contributed by atoms with Gasteiger partial charge in [0.2, 0.25) is 0 Å². The number of carbonyl (C=O) groups excluding carboxylic acids is 1. The number of rotatable bonds is 1. The van der Waals surface area contributed by atoms with E-state index in [0.29, 0.717) is 23.7 Å². The zero-order valence-corrected chi connectivity index (χ0v) is 13.7. The predicted molar refractivity (Wildman–Crippen MR) is 57.0 cm³/mol. The minimum absolute atomic E-state index is 0. The van der Waals surface area contributed by atoms with Crippen molar-refractivity contribution in [1.29, 1.82) is 0 Å². The average Bonchev–Trinajstić information content (AvgIpc) is 2.92. The Bertz CT molecular complexity index is 405. The molecule has 17 heavy (non-hydrogen) atoms. The van der Waals surface area contributed by atoms with Gasteiger partial charge in [0.1, 0.15) is 0 Å². The van der Waals surface area contributed by atoms with E-state index in [1.54, 1.807) is 0 Å². The van der Waals surface area contributed by atoms with Crippen LogP contribution in [0.2, 0.25) is 0 Å². The normalized spacial score (nSPS) is 57.0. The van der Waals surface area contributed by atoms with E-state index in [1.807, 2.05) is 6.92 Å². The summed E-state index contributed by atoms with van der Waals surface area (Å²) in [6.07, 6.45) is 8.06. The van der Waals surface area contributed by atoms with Gasteiger partial charge in [-0.05, 0) is 54.8 Å². The van der Waals surface area contributed by atoms with E-state index < -0.39 is 11.4 Å². The molecule has 4 aliphatic carbocycles. The van der Waals surface area contributed by atoms with Gasteiger partial charge in [-0.25, -0.2) is 0 Å². The molecule has 0 amide bonds. The van der Waals surface area contributed by atoms with Gasteiger partial charge in [0, 0.05) is 11.4 Å². The maximum atomic E-state index is 11.4. The van der Waals surface area contributed by atoms with Gasteiger partial charge < -0.3 is 9.90 Å². The monoisotopic (exact) mass is 256 g/mol. The average molecular weight is 256 g/mol. The van der Waals surface area contributed by atoms with Crippen LogP contribution in [0.15, 0.2) is 12.2 Å². The molecule has 4 rings (SSSR count). The van der Waals surface area contributed by atoms with E-state index in [-0.39, 0.29) is 51.4 Å². The van der Waals surface area contributed by atoms with Crippen LogP contribution in [-0.4, -0.2) is 5.97 Å². The van der Waals surface area contributed by atoms with Gasteiger partial charge in [0.05, 0.1) is 0 Å². The van der Waals surface area contributed by atoms with Gasteiger partial charge in [-0.15, -0.1) is 0 Å². The van der Waals surface area contributed by atoms with Crippen molar-refractivity contribution >= 4 is 5.97 Å². The van der Waals surface area contributed by atoms with E-state index in [9.17, 15) is 9.90 Å². The Kier molecular flexibility index (Phi) is 2.97. The Morgan fingerprint density at radius 2 is 1.88 bits per heavy atom. The molecule has 0 N–H and O–H groups in total. The summed E-state index contributed by atoms with van der Waals surface area (Å²) in [6.45, 7) is 1.93. The van der Waals surface area contributed by atoms with Crippen LogP contribution < -0.4 is 56.5 Å². The van der Waals surface area contributed by atoms with E-state index in [0.717, 1.165) is 24.7 Å². The first-order valence-corrected chi connectivity index (χ1v) is 6.51. The van der Waals surface area contributed by atoms with Crippen LogP contribution in [-0.2, 0) is 4.79 Å². The van der Waals surface area contributed by atoms with Crippen molar-refractivity contribution in [2.24, 2.45) is 40.9 Å². The van der Waals surface area contributed by atoms with E-state index in [2.05, 4.69) is 12.2 Å². The second-order valence-corrected chi connectivity index (χ2v) is 6.61. The van der Waals surface area contributed by atoms with Crippen LogP contribution in [0, 0.1) is 40.9 Å². The molecule has 4 aliphatic rings. The van der Waals surface area contributed by atoms with Crippen LogP contribution in [0.25, 0.3) is 0 Å². The van der Waals surface area contributed by atoms with Crippen molar-refractivity contribution in [3.05, 3.63) is 12.2 Å². The number of aliphatic carboxylic acids is 1. The zero-order valence-electron chi connectivity index (χ0n) is 10.6. The molecule has 0 saturated heterocycles. The first kappa shape index (κ1) is 12.9. The van der Waals surface area contributed by atoms with Crippen LogP contribution in [0.3, 0.4) is 0 Å². The Labute approximate surface area is 145 Å². The summed E-state index contributed by atoms with van der Waals surface area (Å²) < 4.78 is 0. The van der Waals surface area contributed by atoms with E-state index >= 15 is 0 Å². The smallest absolute Gasteiger partial charge is 0.550 e. The molecule has 86 valence electrons. The van der Waals surface area contributed by atoms with Gasteiger partial charge in [0.25, 0.3) is 0 Å². The fourth-order valence-electron chi connectivity index (χ4n) is 5.60. The molecule has 0 aromatic rings. The summed E-state index contributed by atoms with van der Waals surface area (Å²) in [6, 6.07) is 0. The number of fused-ring (bicyclic) bond motifs is 9. The van der Waals surface area contributed by atoms with Crippen molar-refractivity contribution in [3.63, 3.8) is 0 Å². The molecule has 4 bridgehead atoms. The summed E-state index contributed by atoms with van der Waals surface area (Å²) in [4.78, 5) is 11.4.